The highest BCUT2D eigenvalue weighted by atomic mass is 15.3. The van der Waals surface area contributed by atoms with Crippen LogP contribution >= 0.6 is 0 Å². The molecule has 3 heteroatoms. The minimum Gasteiger partial charge on any atom is -0.368 e. The summed E-state index contributed by atoms with van der Waals surface area (Å²) in [6, 6.07) is 5.16. The number of nitrogens with zero attached hydrogens (tertiary/aromatic N) is 2. The molecule has 1 aliphatic heterocycles. The predicted octanol–water partition coefficient (Wildman–Crippen LogP) is 2.08. The second-order valence-corrected chi connectivity index (χ2v) is 5.87. The van der Waals surface area contributed by atoms with E-state index in [9.17, 15) is 0 Å². The summed E-state index contributed by atoms with van der Waals surface area (Å²) in [6.07, 6.45) is 0. The molecule has 2 rings (SSSR count). The van der Waals surface area contributed by atoms with E-state index in [0.717, 1.165) is 32.7 Å². The maximum atomic E-state index is 5.68. The van der Waals surface area contributed by atoms with Gasteiger partial charge in [0.05, 0.1) is 0 Å². The predicted molar refractivity (Wildman–Crippen MR) is 83.0 cm³/mol. The van der Waals surface area contributed by atoms with Crippen LogP contribution in [0.25, 0.3) is 0 Å². The van der Waals surface area contributed by atoms with Gasteiger partial charge < -0.3 is 10.6 Å². The van der Waals surface area contributed by atoms with E-state index in [1.165, 1.54) is 22.4 Å². The molecule has 0 aliphatic carbocycles. The molecule has 3 nitrogen and oxygen atoms in total. The van der Waals surface area contributed by atoms with Gasteiger partial charge in [0.25, 0.3) is 0 Å². The molecule has 1 unspecified atom stereocenters. The van der Waals surface area contributed by atoms with Crippen LogP contribution < -0.4 is 10.6 Å². The fourth-order valence-electron chi connectivity index (χ4n) is 3.37. The van der Waals surface area contributed by atoms with Crippen molar-refractivity contribution < 1.29 is 0 Å². The molecule has 1 aliphatic rings. The highest BCUT2D eigenvalue weighted by molar-refractivity contribution is 5.60. The summed E-state index contributed by atoms with van der Waals surface area (Å²) in [5.74, 6) is 0. The van der Waals surface area contributed by atoms with Gasteiger partial charge in [0.2, 0.25) is 0 Å². The lowest BCUT2D eigenvalue weighted by molar-refractivity contribution is 0.195. The molecule has 1 heterocycles. The summed E-state index contributed by atoms with van der Waals surface area (Å²) in [5.41, 5.74) is 11.3. The molecular weight excluding hydrogens is 234 g/mol. The summed E-state index contributed by atoms with van der Waals surface area (Å²) < 4.78 is 0. The number of benzene rings is 1. The third kappa shape index (κ3) is 3.10. The van der Waals surface area contributed by atoms with E-state index in [0.29, 0.717) is 6.04 Å². The Kier molecular flexibility index (Phi) is 4.48. The van der Waals surface area contributed by atoms with Gasteiger partial charge in [-0.3, -0.25) is 4.90 Å². The summed E-state index contributed by atoms with van der Waals surface area (Å²) in [4.78, 5) is 5.04. The standard InChI is InChI=1S/C16H27N3/c1-12-9-13(2)16(14(3)10-12)19-8-7-18(6-5-17)15(4)11-19/h9-10,15H,5-8,11,17H2,1-4H3. The van der Waals surface area contributed by atoms with Gasteiger partial charge in [-0.15, -0.1) is 0 Å². The molecule has 106 valence electrons. The largest absolute Gasteiger partial charge is 0.368 e. The molecule has 1 aromatic carbocycles. The van der Waals surface area contributed by atoms with Crippen molar-refractivity contribution in [3.8, 4) is 0 Å². The van der Waals surface area contributed by atoms with Crippen molar-refractivity contribution in [1.82, 2.24) is 4.90 Å². The molecule has 0 saturated carbocycles. The lowest BCUT2D eigenvalue weighted by Gasteiger charge is -2.42. The highest BCUT2D eigenvalue weighted by Gasteiger charge is 2.24. The molecule has 19 heavy (non-hydrogen) atoms. The smallest absolute Gasteiger partial charge is 0.0426 e. The fraction of sp³-hybridized carbons (Fsp3) is 0.625. The van der Waals surface area contributed by atoms with Gasteiger partial charge in [-0.2, -0.15) is 0 Å². The van der Waals surface area contributed by atoms with Crippen LogP contribution in [0.3, 0.4) is 0 Å². The Hall–Kier alpha value is -1.06. The first-order valence-corrected chi connectivity index (χ1v) is 7.30. The Morgan fingerprint density at radius 2 is 1.79 bits per heavy atom. The minimum absolute atomic E-state index is 0.581. The van der Waals surface area contributed by atoms with Crippen molar-refractivity contribution in [3.05, 3.63) is 28.8 Å². The zero-order valence-corrected chi connectivity index (χ0v) is 12.7. The summed E-state index contributed by atoms with van der Waals surface area (Å²) in [7, 11) is 0. The molecule has 1 atom stereocenters. The normalized spacial score (nSPS) is 20.9. The molecule has 1 fully saturated rings. The molecular formula is C16H27N3. The molecule has 0 bridgehead atoms. The lowest BCUT2D eigenvalue weighted by atomic mass is 10.0. The van der Waals surface area contributed by atoms with Gasteiger partial charge in [0, 0.05) is 44.5 Å². The number of nitrogens with two attached hydrogens (primary N) is 1. The van der Waals surface area contributed by atoms with Gasteiger partial charge in [0.1, 0.15) is 0 Å². The Bertz CT molecular complexity index is 419. The van der Waals surface area contributed by atoms with Crippen LogP contribution in [-0.2, 0) is 0 Å². The van der Waals surface area contributed by atoms with Gasteiger partial charge in [0.15, 0.2) is 0 Å². The van der Waals surface area contributed by atoms with Crippen LogP contribution in [0.2, 0.25) is 0 Å². The van der Waals surface area contributed by atoms with Crippen molar-refractivity contribution in [2.75, 3.05) is 37.6 Å². The van der Waals surface area contributed by atoms with Crippen LogP contribution in [-0.4, -0.2) is 43.7 Å². The average Bonchev–Trinajstić information content (AvgIpc) is 2.31. The molecule has 1 saturated heterocycles. The van der Waals surface area contributed by atoms with Gasteiger partial charge >= 0.3 is 0 Å². The van der Waals surface area contributed by atoms with Crippen LogP contribution in [0.1, 0.15) is 23.6 Å². The van der Waals surface area contributed by atoms with E-state index in [1.807, 2.05) is 0 Å². The highest BCUT2D eigenvalue weighted by Crippen LogP contribution is 2.28. The summed E-state index contributed by atoms with van der Waals surface area (Å²) in [6.45, 7) is 14.0. The van der Waals surface area contributed by atoms with Crippen molar-refractivity contribution >= 4 is 5.69 Å². The Labute approximate surface area is 117 Å². The van der Waals surface area contributed by atoms with Crippen LogP contribution in [0.15, 0.2) is 12.1 Å². The topological polar surface area (TPSA) is 32.5 Å². The monoisotopic (exact) mass is 261 g/mol. The van der Waals surface area contributed by atoms with Gasteiger partial charge in [-0.05, 0) is 38.8 Å². The third-order valence-electron chi connectivity index (χ3n) is 4.13. The molecule has 0 amide bonds. The Morgan fingerprint density at radius 1 is 1.16 bits per heavy atom. The first-order chi connectivity index (χ1) is 9.02. The molecule has 1 aromatic rings. The molecule has 0 radical (unpaired) electrons. The van der Waals surface area contributed by atoms with Crippen molar-refractivity contribution in [2.24, 2.45) is 5.73 Å². The first kappa shape index (κ1) is 14.4. The van der Waals surface area contributed by atoms with Gasteiger partial charge in [-0.1, -0.05) is 17.7 Å². The maximum absolute atomic E-state index is 5.68. The average molecular weight is 261 g/mol. The number of hydrogen-bond acceptors (Lipinski definition) is 3. The quantitative estimate of drug-likeness (QED) is 0.904. The molecule has 2 N–H and O–H groups in total. The van der Waals surface area contributed by atoms with Crippen molar-refractivity contribution in [2.45, 2.75) is 33.7 Å². The first-order valence-electron chi connectivity index (χ1n) is 7.30. The van der Waals surface area contributed by atoms with E-state index in [4.69, 9.17) is 5.73 Å². The molecule has 0 spiro atoms. The Morgan fingerprint density at radius 3 is 2.32 bits per heavy atom. The third-order valence-corrected chi connectivity index (χ3v) is 4.13. The summed E-state index contributed by atoms with van der Waals surface area (Å²) >= 11 is 0. The lowest BCUT2D eigenvalue weighted by Crippen LogP contribution is -2.53. The number of aryl methyl sites for hydroxylation is 3. The zero-order valence-electron chi connectivity index (χ0n) is 12.7. The van der Waals surface area contributed by atoms with E-state index in [-0.39, 0.29) is 0 Å². The maximum Gasteiger partial charge on any atom is 0.0426 e. The SMILES string of the molecule is Cc1cc(C)c(N2CCN(CCN)C(C)C2)c(C)c1. The van der Waals surface area contributed by atoms with E-state index < -0.39 is 0 Å². The Balaban J connectivity index is 2.17. The van der Waals surface area contributed by atoms with E-state index >= 15 is 0 Å². The number of piperazine rings is 1. The van der Waals surface area contributed by atoms with Crippen molar-refractivity contribution in [3.63, 3.8) is 0 Å². The van der Waals surface area contributed by atoms with E-state index in [2.05, 4.69) is 49.6 Å². The summed E-state index contributed by atoms with van der Waals surface area (Å²) in [5, 5.41) is 0. The van der Waals surface area contributed by atoms with Crippen LogP contribution in [0.4, 0.5) is 5.69 Å². The van der Waals surface area contributed by atoms with Crippen LogP contribution in [0.5, 0.6) is 0 Å². The number of rotatable bonds is 3. The second kappa shape index (κ2) is 5.93. The fourth-order valence-corrected chi connectivity index (χ4v) is 3.37. The number of hydrogen-bond donors (Lipinski definition) is 1. The van der Waals surface area contributed by atoms with E-state index in [1.54, 1.807) is 0 Å². The van der Waals surface area contributed by atoms with Crippen LogP contribution in [0, 0.1) is 20.8 Å². The minimum atomic E-state index is 0.581. The zero-order chi connectivity index (χ0) is 14.0. The number of anilines is 1. The van der Waals surface area contributed by atoms with Crippen molar-refractivity contribution in [1.29, 1.82) is 0 Å². The molecule has 0 aromatic heterocycles. The second-order valence-electron chi connectivity index (χ2n) is 5.87. The van der Waals surface area contributed by atoms with Gasteiger partial charge in [-0.25, -0.2) is 0 Å².